The van der Waals surface area contributed by atoms with Gasteiger partial charge in [0.2, 0.25) is 10.0 Å². The molecule has 0 unspecified atom stereocenters. The molecule has 0 spiro atoms. The zero-order valence-electron chi connectivity index (χ0n) is 13.2. The molecule has 21 heavy (non-hydrogen) atoms. The molecule has 4 nitrogen and oxygen atoms in total. The Balaban J connectivity index is 2.84. The maximum Gasteiger partial charge on any atom is 0.214 e. The first-order valence-electron chi connectivity index (χ1n) is 7.75. The molecule has 0 amide bonds. The molecule has 0 saturated heterocycles. The highest BCUT2D eigenvalue weighted by Gasteiger charge is 2.24. The van der Waals surface area contributed by atoms with Crippen LogP contribution in [0.5, 0.6) is 0 Å². The topological polar surface area (TPSA) is 63.4 Å². The molecule has 0 atom stereocenters. The minimum atomic E-state index is -3.24. The number of nitrogens with two attached hydrogens (primary N) is 1. The predicted molar refractivity (Wildman–Crippen MR) is 88.4 cm³/mol. The van der Waals surface area contributed by atoms with Gasteiger partial charge in [-0.3, -0.25) is 0 Å². The average Bonchev–Trinajstić information content (AvgIpc) is 2.49. The lowest BCUT2D eigenvalue weighted by Crippen LogP contribution is -2.36. The van der Waals surface area contributed by atoms with Crippen LogP contribution in [-0.4, -0.2) is 31.6 Å². The molecule has 2 N–H and O–H groups in total. The van der Waals surface area contributed by atoms with E-state index in [1.165, 1.54) is 0 Å². The smallest absolute Gasteiger partial charge is 0.214 e. The second-order valence-corrected chi connectivity index (χ2v) is 7.44. The zero-order chi connectivity index (χ0) is 15.7. The minimum absolute atomic E-state index is 0.228. The van der Waals surface area contributed by atoms with Gasteiger partial charge in [-0.15, -0.1) is 0 Å². The third-order valence-electron chi connectivity index (χ3n) is 3.81. The van der Waals surface area contributed by atoms with Crippen molar-refractivity contribution in [3.8, 4) is 0 Å². The molecule has 0 aliphatic heterocycles. The van der Waals surface area contributed by atoms with Crippen LogP contribution in [0.15, 0.2) is 30.3 Å². The van der Waals surface area contributed by atoms with Crippen LogP contribution in [0.4, 0.5) is 0 Å². The third-order valence-corrected chi connectivity index (χ3v) is 5.80. The summed E-state index contributed by atoms with van der Waals surface area (Å²) in [5.41, 5.74) is 6.56. The molecule has 0 fully saturated rings. The van der Waals surface area contributed by atoms with Gasteiger partial charge in [0.25, 0.3) is 0 Å². The van der Waals surface area contributed by atoms with E-state index >= 15 is 0 Å². The largest absolute Gasteiger partial charge is 0.330 e. The van der Waals surface area contributed by atoms with Crippen LogP contribution in [0.25, 0.3) is 0 Å². The Morgan fingerprint density at radius 1 is 1.14 bits per heavy atom. The number of hydrogen-bond acceptors (Lipinski definition) is 3. The molecular formula is C16H28N2O2S. The van der Waals surface area contributed by atoms with Crippen molar-refractivity contribution >= 4 is 10.0 Å². The summed E-state index contributed by atoms with van der Waals surface area (Å²) in [5.74, 6) is 0.461. The van der Waals surface area contributed by atoms with Crippen LogP contribution in [0, 0.1) is 5.92 Å². The molecule has 1 aromatic carbocycles. The van der Waals surface area contributed by atoms with Crippen molar-refractivity contribution in [1.82, 2.24) is 4.31 Å². The van der Waals surface area contributed by atoms with E-state index in [-0.39, 0.29) is 11.7 Å². The SMILES string of the molecule is CCC(CC)CS(=O)(=O)N(CCCN)Cc1ccccc1. The lowest BCUT2D eigenvalue weighted by atomic mass is 10.1. The summed E-state index contributed by atoms with van der Waals surface area (Å²) >= 11 is 0. The molecule has 0 bridgehead atoms. The van der Waals surface area contributed by atoms with Crippen molar-refractivity contribution in [2.45, 2.75) is 39.7 Å². The van der Waals surface area contributed by atoms with Crippen LogP contribution < -0.4 is 5.73 Å². The van der Waals surface area contributed by atoms with Gasteiger partial charge in [-0.05, 0) is 24.4 Å². The summed E-state index contributed by atoms with van der Waals surface area (Å²) in [6.07, 6.45) is 2.48. The fourth-order valence-corrected chi connectivity index (χ4v) is 4.33. The first-order chi connectivity index (χ1) is 10.0. The van der Waals surface area contributed by atoms with Crippen molar-refractivity contribution in [2.75, 3.05) is 18.8 Å². The molecule has 0 aliphatic rings. The highest BCUT2D eigenvalue weighted by Crippen LogP contribution is 2.17. The van der Waals surface area contributed by atoms with Gasteiger partial charge in [-0.25, -0.2) is 8.42 Å². The molecule has 0 radical (unpaired) electrons. The van der Waals surface area contributed by atoms with Gasteiger partial charge in [0.15, 0.2) is 0 Å². The van der Waals surface area contributed by atoms with E-state index in [9.17, 15) is 8.42 Å². The fraction of sp³-hybridized carbons (Fsp3) is 0.625. The quantitative estimate of drug-likeness (QED) is 0.722. The molecular weight excluding hydrogens is 284 g/mol. The monoisotopic (exact) mass is 312 g/mol. The summed E-state index contributed by atoms with van der Waals surface area (Å²) in [6.45, 7) is 5.53. The van der Waals surface area contributed by atoms with E-state index in [0.717, 1.165) is 18.4 Å². The second-order valence-electron chi connectivity index (χ2n) is 5.42. The lowest BCUT2D eigenvalue weighted by Gasteiger charge is -2.24. The Kier molecular flexibility index (Phi) is 7.93. The van der Waals surface area contributed by atoms with Crippen molar-refractivity contribution in [3.63, 3.8) is 0 Å². The van der Waals surface area contributed by atoms with Gasteiger partial charge in [0.05, 0.1) is 5.75 Å². The average molecular weight is 312 g/mol. The molecule has 1 rings (SSSR count). The van der Waals surface area contributed by atoms with Crippen LogP contribution in [0.2, 0.25) is 0 Å². The summed E-state index contributed by atoms with van der Waals surface area (Å²) in [4.78, 5) is 0. The van der Waals surface area contributed by atoms with Gasteiger partial charge in [0.1, 0.15) is 0 Å². The van der Waals surface area contributed by atoms with E-state index in [1.807, 2.05) is 44.2 Å². The van der Waals surface area contributed by atoms with Gasteiger partial charge >= 0.3 is 0 Å². The Labute approximate surface area is 129 Å². The predicted octanol–water partition coefficient (Wildman–Crippen LogP) is 2.60. The highest BCUT2D eigenvalue weighted by molar-refractivity contribution is 7.89. The number of hydrogen-bond donors (Lipinski definition) is 1. The molecule has 0 aliphatic carbocycles. The number of rotatable bonds is 10. The van der Waals surface area contributed by atoms with Crippen molar-refractivity contribution in [2.24, 2.45) is 11.7 Å². The zero-order valence-corrected chi connectivity index (χ0v) is 14.0. The standard InChI is InChI=1S/C16H28N2O2S/c1-3-15(4-2)14-21(19,20)18(12-8-11-17)13-16-9-6-5-7-10-16/h5-7,9-10,15H,3-4,8,11-14,17H2,1-2H3. The van der Waals surface area contributed by atoms with E-state index in [1.54, 1.807) is 4.31 Å². The van der Waals surface area contributed by atoms with Crippen molar-refractivity contribution in [3.05, 3.63) is 35.9 Å². The number of nitrogens with zero attached hydrogens (tertiary/aromatic N) is 1. The maximum absolute atomic E-state index is 12.7. The first kappa shape index (κ1) is 18.1. The van der Waals surface area contributed by atoms with Crippen LogP contribution in [0.3, 0.4) is 0 Å². The molecule has 120 valence electrons. The van der Waals surface area contributed by atoms with Gasteiger partial charge < -0.3 is 5.73 Å². The van der Waals surface area contributed by atoms with E-state index in [2.05, 4.69) is 0 Å². The number of sulfonamides is 1. The Hall–Kier alpha value is -0.910. The summed E-state index contributed by atoms with van der Waals surface area (Å²) in [6, 6.07) is 9.73. The van der Waals surface area contributed by atoms with Crippen molar-refractivity contribution in [1.29, 1.82) is 0 Å². The summed E-state index contributed by atoms with van der Waals surface area (Å²) in [5, 5.41) is 0. The number of benzene rings is 1. The maximum atomic E-state index is 12.7. The summed E-state index contributed by atoms with van der Waals surface area (Å²) < 4.78 is 26.9. The van der Waals surface area contributed by atoms with Gasteiger partial charge in [0, 0.05) is 13.1 Å². The molecule has 0 heterocycles. The Bertz CT molecular complexity index is 484. The second kappa shape index (κ2) is 9.18. The lowest BCUT2D eigenvalue weighted by molar-refractivity contribution is 0.392. The Morgan fingerprint density at radius 3 is 2.29 bits per heavy atom. The summed E-state index contributed by atoms with van der Waals surface area (Å²) in [7, 11) is -3.24. The van der Waals surface area contributed by atoms with Crippen LogP contribution in [-0.2, 0) is 16.6 Å². The highest BCUT2D eigenvalue weighted by atomic mass is 32.2. The van der Waals surface area contributed by atoms with E-state index < -0.39 is 10.0 Å². The first-order valence-corrected chi connectivity index (χ1v) is 9.36. The minimum Gasteiger partial charge on any atom is -0.330 e. The third kappa shape index (κ3) is 6.16. The normalized spacial score (nSPS) is 12.2. The molecule has 0 aromatic heterocycles. The van der Waals surface area contributed by atoms with E-state index in [0.29, 0.717) is 26.1 Å². The Morgan fingerprint density at radius 2 is 1.76 bits per heavy atom. The van der Waals surface area contributed by atoms with Crippen LogP contribution in [0.1, 0.15) is 38.7 Å². The molecule has 0 saturated carbocycles. The van der Waals surface area contributed by atoms with Gasteiger partial charge in [-0.2, -0.15) is 4.31 Å². The van der Waals surface area contributed by atoms with Crippen LogP contribution >= 0.6 is 0 Å². The molecule has 1 aromatic rings. The fourth-order valence-electron chi connectivity index (χ4n) is 2.30. The molecule has 5 heteroatoms. The van der Waals surface area contributed by atoms with Crippen molar-refractivity contribution < 1.29 is 8.42 Å². The van der Waals surface area contributed by atoms with E-state index in [4.69, 9.17) is 5.73 Å². The van der Waals surface area contributed by atoms with Gasteiger partial charge in [-0.1, -0.05) is 57.0 Å².